The Hall–Kier alpha value is -1.99. The molecular formula is C14H19FN2O4. The SMILES string of the molecule is COC(=O)CN(CC(=O)OC)Cc1cc(CN)ccc1F. The van der Waals surface area contributed by atoms with Crippen LogP contribution < -0.4 is 5.73 Å². The van der Waals surface area contributed by atoms with Gasteiger partial charge in [0, 0.05) is 18.7 Å². The molecule has 1 rings (SSSR count). The van der Waals surface area contributed by atoms with Crippen LogP contribution in [-0.4, -0.2) is 44.1 Å². The molecule has 0 spiro atoms. The average Bonchev–Trinajstić information content (AvgIpc) is 2.48. The second-order valence-corrected chi connectivity index (χ2v) is 4.43. The maximum atomic E-state index is 13.8. The second kappa shape index (κ2) is 8.33. The third-order valence-corrected chi connectivity index (χ3v) is 2.90. The van der Waals surface area contributed by atoms with Crippen LogP contribution in [0.3, 0.4) is 0 Å². The highest BCUT2D eigenvalue weighted by Crippen LogP contribution is 2.13. The zero-order chi connectivity index (χ0) is 15.8. The van der Waals surface area contributed by atoms with E-state index in [1.54, 1.807) is 12.1 Å². The molecule has 1 aromatic carbocycles. The summed E-state index contributed by atoms with van der Waals surface area (Å²) in [5.41, 5.74) is 6.64. The van der Waals surface area contributed by atoms with Crippen molar-refractivity contribution in [1.82, 2.24) is 4.90 Å². The third kappa shape index (κ3) is 5.49. The van der Waals surface area contributed by atoms with E-state index in [-0.39, 0.29) is 26.2 Å². The van der Waals surface area contributed by atoms with E-state index < -0.39 is 17.8 Å². The first-order valence-electron chi connectivity index (χ1n) is 6.33. The quantitative estimate of drug-likeness (QED) is 0.735. The number of halogens is 1. The van der Waals surface area contributed by atoms with Gasteiger partial charge in [0.25, 0.3) is 0 Å². The number of hydrogen-bond acceptors (Lipinski definition) is 6. The predicted molar refractivity (Wildman–Crippen MR) is 73.6 cm³/mol. The number of ether oxygens (including phenoxy) is 2. The number of nitrogens with zero attached hydrogens (tertiary/aromatic N) is 1. The molecule has 0 atom stereocenters. The zero-order valence-electron chi connectivity index (χ0n) is 12.1. The predicted octanol–water partition coefficient (Wildman–Crippen LogP) is 0.432. The molecule has 0 unspecified atom stereocenters. The Kier molecular flexibility index (Phi) is 6.77. The minimum Gasteiger partial charge on any atom is -0.468 e. The van der Waals surface area contributed by atoms with Gasteiger partial charge in [0.2, 0.25) is 0 Å². The first kappa shape index (κ1) is 17.1. The molecule has 21 heavy (non-hydrogen) atoms. The Morgan fingerprint density at radius 1 is 1.19 bits per heavy atom. The monoisotopic (exact) mass is 298 g/mol. The van der Waals surface area contributed by atoms with E-state index in [9.17, 15) is 14.0 Å². The van der Waals surface area contributed by atoms with Crippen LogP contribution in [0.25, 0.3) is 0 Å². The van der Waals surface area contributed by atoms with Crippen LogP contribution >= 0.6 is 0 Å². The molecule has 0 bridgehead atoms. The summed E-state index contributed by atoms with van der Waals surface area (Å²) < 4.78 is 22.9. The summed E-state index contributed by atoms with van der Waals surface area (Å²) in [6.45, 7) is 0.0704. The molecular weight excluding hydrogens is 279 g/mol. The maximum absolute atomic E-state index is 13.8. The van der Waals surface area contributed by atoms with E-state index in [1.165, 1.54) is 25.2 Å². The highest BCUT2D eigenvalue weighted by Gasteiger charge is 2.17. The summed E-state index contributed by atoms with van der Waals surface area (Å²) >= 11 is 0. The van der Waals surface area contributed by atoms with Crippen molar-refractivity contribution in [2.75, 3.05) is 27.3 Å². The summed E-state index contributed by atoms with van der Waals surface area (Å²) in [6.07, 6.45) is 0. The van der Waals surface area contributed by atoms with Crippen molar-refractivity contribution in [3.63, 3.8) is 0 Å². The number of esters is 2. The highest BCUT2D eigenvalue weighted by molar-refractivity contribution is 5.74. The molecule has 0 fully saturated rings. The van der Waals surface area contributed by atoms with Crippen molar-refractivity contribution in [3.05, 3.63) is 35.1 Å². The van der Waals surface area contributed by atoms with Crippen molar-refractivity contribution in [2.24, 2.45) is 5.73 Å². The summed E-state index contributed by atoms with van der Waals surface area (Å²) in [7, 11) is 2.49. The molecule has 1 aromatic rings. The first-order chi connectivity index (χ1) is 9.99. The Morgan fingerprint density at radius 3 is 2.24 bits per heavy atom. The van der Waals surface area contributed by atoms with Crippen LogP contribution in [0.2, 0.25) is 0 Å². The molecule has 0 amide bonds. The standard InChI is InChI=1S/C14H19FN2O4/c1-20-13(18)8-17(9-14(19)21-2)7-11-5-10(6-16)3-4-12(11)15/h3-5H,6-9,16H2,1-2H3. The van der Waals surface area contributed by atoms with Gasteiger partial charge in [-0.3, -0.25) is 14.5 Å². The van der Waals surface area contributed by atoms with Gasteiger partial charge in [-0.2, -0.15) is 0 Å². The number of nitrogens with two attached hydrogens (primary N) is 1. The van der Waals surface area contributed by atoms with Crippen LogP contribution in [0.1, 0.15) is 11.1 Å². The van der Waals surface area contributed by atoms with Gasteiger partial charge in [-0.25, -0.2) is 4.39 Å². The normalized spacial score (nSPS) is 10.5. The van der Waals surface area contributed by atoms with E-state index in [0.29, 0.717) is 5.56 Å². The molecule has 0 aliphatic heterocycles. The van der Waals surface area contributed by atoms with Crippen LogP contribution in [0.15, 0.2) is 18.2 Å². The van der Waals surface area contributed by atoms with Crippen LogP contribution in [0.4, 0.5) is 4.39 Å². The minimum absolute atomic E-state index is 0.0733. The zero-order valence-corrected chi connectivity index (χ0v) is 12.1. The molecule has 0 aliphatic carbocycles. The summed E-state index contributed by atoms with van der Waals surface area (Å²) in [5.74, 6) is -1.46. The van der Waals surface area contributed by atoms with E-state index in [2.05, 4.69) is 9.47 Å². The third-order valence-electron chi connectivity index (χ3n) is 2.90. The molecule has 0 aromatic heterocycles. The lowest BCUT2D eigenvalue weighted by molar-refractivity contribution is -0.145. The van der Waals surface area contributed by atoms with Gasteiger partial charge in [0.05, 0.1) is 27.3 Å². The molecule has 0 heterocycles. The Morgan fingerprint density at radius 2 is 1.76 bits per heavy atom. The number of carbonyl (C=O) groups is 2. The van der Waals surface area contributed by atoms with E-state index >= 15 is 0 Å². The molecule has 0 saturated carbocycles. The van der Waals surface area contributed by atoms with Gasteiger partial charge >= 0.3 is 11.9 Å². The van der Waals surface area contributed by atoms with Gasteiger partial charge in [0.15, 0.2) is 0 Å². The van der Waals surface area contributed by atoms with Gasteiger partial charge in [0.1, 0.15) is 5.82 Å². The molecule has 0 radical (unpaired) electrons. The fraction of sp³-hybridized carbons (Fsp3) is 0.429. The van der Waals surface area contributed by atoms with Crippen molar-refractivity contribution >= 4 is 11.9 Å². The fourth-order valence-corrected chi connectivity index (χ4v) is 1.78. The molecule has 0 aliphatic rings. The van der Waals surface area contributed by atoms with Crippen LogP contribution in [0, 0.1) is 5.82 Å². The Bertz CT molecular complexity index is 490. The Labute approximate surface area is 122 Å². The first-order valence-corrected chi connectivity index (χ1v) is 6.33. The number of carbonyl (C=O) groups excluding carboxylic acids is 2. The lowest BCUT2D eigenvalue weighted by atomic mass is 10.1. The lowest BCUT2D eigenvalue weighted by Gasteiger charge is -2.20. The number of hydrogen-bond donors (Lipinski definition) is 1. The van der Waals surface area contributed by atoms with Crippen molar-refractivity contribution in [3.8, 4) is 0 Å². The number of methoxy groups -OCH3 is 2. The minimum atomic E-state index is -0.519. The van der Waals surface area contributed by atoms with Crippen LogP contribution in [-0.2, 0) is 32.2 Å². The van der Waals surface area contributed by atoms with Crippen molar-refractivity contribution in [1.29, 1.82) is 0 Å². The smallest absolute Gasteiger partial charge is 0.319 e. The number of benzene rings is 1. The number of rotatable bonds is 7. The summed E-state index contributed by atoms with van der Waals surface area (Å²) in [5, 5.41) is 0. The van der Waals surface area contributed by atoms with Gasteiger partial charge in [-0.05, 0) is 11.6 Å². The molecule has 6 nitrogen and oxygen atoms in total. The van der Waals surface area contributed by atoms with Gasteiger partial charge < -0.3 is 15.2 Å². The maximum Gasteiger partial charge on any atom is 0.319 e. The highest BCUT2D eigenvalue weighted by atomic mass is 19.1. The van der Waals surface area contributed by atoms with E-state index in [4.69, 9.17) is 5.73 Å². The van der Waals surface area contributed by atoms with Crippen LogP contribution in [0.5, 0.6) is 0 Å². The molecule has 2 N–H and O–H groups in total. The van der Waals surface area contributed by atoms with Crippen molar-refractivity contribution in [2.45, 2.75) is 13.1 Å². The van der Waals surface area contributed by atoms with Gasteiger partial charge in [-0.1, -0.05) is 12.1 Å². The van der Waals surface area contributed by atoms with E-state index in [0.717, 1.165) is 5.56 Å². The topological polar surface area (TPSA) is 81.9 Å². The lowest BCUT2D eigenvalue weighted by Crippen LogP contribution is -2.35. The summed E-state index contributed by atoms with van der Waals surface area (Å²) in [6, 6.07) is 4.51. The van der Waals surface area contributed by atoms with Crippen molar-refractivity contribution < 1.29 is 23.5 Å². The largest absolute Gasteiger partial charge is 0.468 e. The van der Waals surface area contributed by atoms with E-state index in [1.807, 2.05) is 0 Å². The Balaban J connectivity index is 2.88. The average molecular weight is 298 g/mol. The molecule has 7 heteroatoms. The van der Waals surface area contributed by atoms with Gasteiger partial charge in [-0.15, -0.1) is 0 Å². The molecule has 116 valence electrons. The fourth-order valence-electron chi connectivity index (χ4n) is 1.78. The second-order valence-electron chi connectivity index (χ2n) is 4.43. The summed E-state index contributed by atoms with van der Waals surface area (Å²) in [4.78, 5) is 24.2. The molecule has 0 saturated heterocycles.